The molecule has 0 aliphatic rings. The van der Waals surface area contributed by atoms with Gasteiger partial charge in [-0.05, 0) is 61.0 Å². The van der Waals surface area contributed by atoms with Crippen molar-refractivity contribution in [3.05, 3.63) is 84.4 Å². The Bertz CT molecular complexity index is 1130. The molecule has 0 bridgehead atoms. The van der Waals surface area contributed by atoms with E-state index >= 15 is 0 Å². The first-order valence-electron chi connectivity index (χ1n) is 9.99. The first kappa shape index (κ1) is 23.1. The molecule has 3 aromatic rings. The van der Waals surface area contributed by atoms with E-state index in [1.54, 1.807) is 48.5 Å². The molecule has 1 N–H and O–H groups in total. The van der Waals surface area contributed by atoms with Gasteiger partial charge in [0, 0.05) is 5.69 Å². The van der Waals surface area contributed by atoms with Crippen molar-refractivity contribution in [1.82, 2.24) is 0 Å². The maximum Gasteiger partial charge on any atom is 0.247 e. The summed E-state index contributed by atoms with van der Waals surface area (Å²) < 4.78 is 36.8. The molecule has 0 radical (unpaired) electrons. The number of amides is 1. The standard InChI is InChI=1S/C24H26N2O5S/c1-18(26(32(3,28)29)21-11-15-22(30-2)16-12-21)24(27)25-20-9-13-23(14-10-20)31-17-19-7-5-4-6-8-19/h4-16,18H,17H2,1-3H3,(H,25,27)/t18-/m0/s1. The topological polar surface area (TPSA) is 84.9 Å². The van der Waals surface area contributed by atoms with Crippen LogP contribution in [0.15, 0.2) is 78.9 Å². The highest BCUT2D eigenvalue weighted by atomic mass is 32.2. The molecule has 0 unspecified atom stereocenters. The lowest BCUT2D eigenvalue weighted by molar-refractivity contribution is -0.116. The number of rotatable bonds is 9. The smallest absolute Gasteiger partial charge is 0.247 e. The van der Waals surface area contributed by atoms with Gasteiger partial charge in [0.15, 0.2) is 0 Å². The van der Waals surface area contributed by atoms with Crippen LogP contribution < -0.4 is 19.1 Å². The fourth-order valence-corrected chi connectivity index (χ4v) is 4.33. The molecule has 1 amide bonds. The van der Waals surface area contributed by atoms with Gasteiger partial charge in [0.05, 0.1) is 19.1 Å². The Hall–Kier alpha value is -3.52. The number of methoxy groups -OCH3 is 1. The molecule has 168 valence electrons. The summed E-state index contributed by atoms with van der Waals surface area (Å²) in [7, 11) is -2.18. The minimum Gasteiger partial charge on any atom is -0.497 e. The van der Waals surface area contributed by atoms with E-state index in [0.717, 1.165) is 16.1 Å². The zero-order valence-corrected chi connectivity index (χ0v) is 19.0. The van der Waals surface area contributed by atoms with Crippen molar-refractivity contribution in [2.24, 2.45) is 0 Å². The number of carbonyl (C=O) groups excluding carboxylic acids is 1. The van der Waals surface area contributed by atoms with Gasteiger partial charge in [-0.15, -0.1) is 0 Å². The van der Waals surface area contributed by atoms with E-state index < -0.39 is 22.0 Å². The minimum absolute atomic E-state index is 0.376. The lowest BCUT2D eigenvalue weighted by Gasteiger charge is -2.28. The molecule has 0 aliphatic carbocycles. The van der Waals surface area contributed by atoms with Gasteiger partial charge in [-0.1, -0.05) is 30.3 Å². The zero-order chi connectivity index (χ0) is 23.1. The van der Waals surface area contributed by atoms with Crippen LogP contribution in [-0.2, 0) is 21.4 Å². The van der Waals surface area contributed by atoms with Crippen LogP contribution in [0.1, 0.15) is 12.5 Å². The van der Waals surface area contributed by atoms with Crippen molar-refractivity contribution in [2.45, 2.75) is 19.6 Å². The summed E-state index contributed by atoms with van der Waals surface area (Å²) in [6, 6.07) is 22.2. The Kier molecular flexibility index (Phi) is 7.37. The van der Waals surface area contributed by atoms with Crippen molar-refractivity contribution in [2.75, 3.05) is 23.0 Å². The highest BCUT2D eigenvalue weighted by molar-refractivity contribution is 7.92. The Balaban J connectivity index is 1.67. The average Bonchev–Trinajstić information content (AvgIpc) is 2.79. The number of nitrogens with zero attached hydrogens (tertiary/aromatic N) is 1. The summed E-state index contributed by atoms with van der Waals surface area (Å²) in [4.78, 5) is 12.8. The van der Waals surface area contributed by atoms with Crippen LogP contribution in [0.3, 0.4) is 0 Å². The molecule has 3 aromatic carbocycles. The third-order valence-corrected chi connectivity index (χ3v) is 6.03. The van der Waals surface area contributed by atoms with E-state index in [4.69, 9.17) is 9.47 Å². The van der Waals surface area contributed by atoms with Crippen LogP contribution in [0.25, 0.3) is 0 Å². The summed E-state index contributed by atoms with van der Waals surface area (Å²) in [5.41, 5.74) is 1.97. The summed E-state index contributed by atoms with van der Waals surface area (Å²) in [5, 5.41) is 2.76. The number of hydrogen-bond donors (Lipinski definition) is 1. The zero-order valence-electron chi connectivity index (χ0n) is 18.2. The quantitative estimate of drug-likeness (QED) is 0.527. The maximum absolute atomic E-state index is 12.8. The van der Waals surface area contributed by atoms with Gasteiger partial charge in [0.1, 0.15) is 24.1 Å². The van der Waals surface area contributed by atoms with Crippen LogP contribution in [0.5, 0.6) is 11.5 Å². The van der Waals surface area contributed by atoms with Crippen molar-refractivity contribution in [3.8, 4) is 11.5 Å². The monoisotopic (exact) mass is 454 g/mol. The second-order valence-electron chi connectivity index (χ2n) is 7.22. The summed E-state index contributed by atoms with van der Waals surface area (Å²) in [6.45, 7) is 1.98. The predicted molar refractivity (Wildman–Crippen MR) is 126 cm³/mol. The minimum atomic E-state index is -3.70. The number of carbonyl (C=O) groups is 1. The number of anilines is 2. The second-order valence-corrected chi connectivity index (χ2v) is 9.08. The summed E-state index contributed by atoms with van der Waals surface area (Å²) in [6.07, 6.45) is 1.07. The molecule has 0 aliphatic heterocycles. The highest BCUT2D eigenvalue weighted by Crippen LogP contribution is 2.25. The summed E-state index contributed by atoms with van der Waals surface area (Å²) in [5.74, 6) is 0.800. The number of sulfonamides is 1. The molecule has 0 saturated carbocycles. The molecule has 7 nitrogen and oxygen atoms in total. The second kappa shape index (κ2) is 10.2. The van der Waals surface area contributed by atoms with Crippen LogP contribution in [0, 0.1) is 0 Å². The molecular weight excluding hydrogens is 428 g/mol. The number of hydrogen-bond acceptors (Lipinski definition) is 5. The first-order chi connectivity index (χ1) is 15.3. The summed E-state index contributed by atoms with van der Waals surface area (Å²) >= 11 is 0. The molecule has 0 fully saturated rings. The molecular formula is C24H26N2O5S. The highest BCUT2D eigenvalue weighted by Gasteiger charge is 2.29. The Morgan fingerprint density at radius 1 is 0.938 bits per heavy atom. The van der Waals surface area contributed by atoms with Crippen molar-refractivity contribution < 1.29 is 22.7 Å². The van der Waals surface area contributed by atoms with E-state index in [2.05, 4.69) is 5.32 Å². The van der Waals surface area contributed by atoms with Crippen molar-refractivity contribution >= 4 is 27.3 Å². The van der Waals surface area contributed by atoms with Crippen LogP contribution in [-0.4, -0.2) is 33.7 Å². The molecule has 0 spiro atoms. The van der Waals surface area contributed by atoms with Gasteiger partial charge >= 0.3 is 0 Å². The fourth-order valence-electron chi connectivity index (χ4n) is 3.16. The molecule has 0 aromatic heterocycles. The lowest BCUT2D eigenvalue weighted by atomic mass is 10.2. The number of benzene rings is 3. The first-order valence-corrected chi connectivity index (χ1v) is 11.8. The van der Waals surface area contributed by atoms with Crippen molar-refractivity contribution in [1.29, 1.82) is 0 Å². The average molecular weight is 455 g/mol. The molecule has 0 saturated heterocycles. The fraction of sp³-hybridized carbons (Fsp3) is 0.208. The Morgan fingerprint density at radius 2 is 1.53 bits per heavy atom. The SMILES string of the molecule is COc1ccc(N([C@@H](C)C(=O)Nc2ccc(OCc3ccccc3)cc2)S(C)(=O)=O)cc1. The third-order valence-electron chi connectivity index (χ3n) is 4.79. The molecule has 0 heterocycles. The van der Waals surface area contributed by atoms with Crippen molar-refractivity contribution in [3.63, 3.8) is 0 Å². The van der Waals surface area contributed by atoms with E-state index in [1.165, 1.54) is 14.0 Å². The van der Waals surface area contributed by atoms with Gasteiger partial charge < -0.3 is 14.8 Å². The van der Waals surface area contributed by atoms with Crippen LogP contribution >= 0.6 is 0 Å². The molecule has 32 heavy (non-hydrogen) atoms. The van der Waals surface area contributed by atoms with Gasteiger partial charge in [0.25, 0.3) is 0 Å². The van der Waals surface area contributed by atoms with E-state index in [-0.39, 0.29) is 0 Å². The van der Waals surface area contributed by atoms with E-state index in [9.17, 15) is 13.2 Å². The van der Waals surface area contributed by atoms with E-state index in [1.807, 2.05) is 30.3 Å². The maximum atomic E-state index is 12.8. The van der Waals surface area contributed by atoms with Gasteiger partial charge in [0.2, 0.25) is 15.9 Å². The third kappa shape index (κ3) is 6.01. The van der Waals surface area contributed by atoms with Gasteiger partial charge in [-0.25, -0.2) is 8.42 Å². The Morgan fingerprint density at radius 3 is 2.09 bits per heavy atom. The van der Waals surface area contributed by atoms with E-state index in [0.29, 0.717) is 29.5 Å². The normalized spacial score (nSPS) is 12.0. The lowest BCUT2D eigenvalue weighted by Crippen LogP contribution is -2.45. The van der Waals surface area contributed by atoms with Gasteiger partial charge in [-0.2, -0.15) is 0 Å². The number of nitrogens with one attached hydrogen (secondary N) is 1. The largest absolute Gasteiger partial charge is 0.497 e. The predicted octanol–water partition coefficient (Wildman–Crippen LogP) is 4.07. The van der Waals surface area contributed by atoms with Gasteiger partial charge in [-0.3, -0.25) is 9.10 Å². The number of ether oxygens (including phenoxy) is 2. The molecule has 8 heteroatoms. The molecule has 3 rings (SSSR count). The van der Waals surface area contributed by atoms with Crippen LogP contribution in [0.4, 0.5) is 11.4 Å². The molecule has 1 atom stereocenters. The Labute approximate surface area is 188 Å². The van der Waals surface area contributed by atoms with Crippen LogP contribution in [0.2, 0.25) is 0 Å².